The number of fused-ring (bicyclic) bond motifs is 2. The second-order valence-corrected chi connectivity index (χ2v) is 5.92. The largest absolute Gasteiger partial charge is 0.348 e. The van der Waals surface area contributed by atoms with Crippen LogP contribution in [-0.4, -0.2) is 30.2 Å². The van der Waals surface area contributed by atoms with Crippen molar-refractivity contribution in [1.29, 1.82) is 0 Å². The normalized spacial score (nSPS) is 12.8. The number of carbonyl (C=O) groups is 1. The van der Waals surface area contributed by atoms with E-state index in [9.17, 15) is 4.79 Å². The Kier molecular flexibility index (Phi) is 3.14. The first-order valence-corrected chi connectivity index (χ1v) is 8.05. The van der Waals surface area contributed by atoms with Crippen molar-refractivity contribution in [1.82, 2.24) is 29.7 Å². The number of nitrogens with zero attached hydrogens (tertiary/aromatic N) is 5. The fourth-order valence-corrected chi connectivity index (χ4v) is 3.11. The second-order valence-electron chi connectivity index (χ2n) is 5.92. The molecule has 5 rings (SSSR count). The van der Waals surface area contributed by atoms with Gasteiger partial charge in [0.05, 0.1) is 30.0 Å². The molecule has 4 heterocycles. The summed E-state index contributed by atoms with van der Waals surface area (Å²) < 4.78 is 1.96. The van der Waals surface area contributed by atoms with E-state index in [2.05, 4.69) is 30.6 Å². The molecule has 26 heavy (non-hydrogen) atoms. The van der Waals surface area contributed by atoms with Gasteiger partial charge >= 0.3 is 0 Å². The number of hydrogen-bond donors (Lipinski definition) is 2. The molecule has 1 aromatic carbocycles. The summed E-state index contributed by atoms with van der Waals surface area (Å²) in [5.41, 5.74) is 5.02. The van der Waals surface area contributed by atoms with Crippen LogP contribution in [0.5, 0.6) is 0 Å². The minimum atomic E-state index is -0.0259. The zero-order valence-corrected chi connectivity index (χ0v) is 13.5. The van der Waals surface area contributed by atoms with Gasteiger partial charge in [-0.2, -0.15) is 0 Å². The molecule has 0 saturated heterocycles. The molecule has 0 spiro atoms. The zero-order valence-electron chi connectivity index (χ0n) is 13.5. The van der Waals surface area contributed by atoms with Crippen LogP contribution in [-0.2, 0) is 6.54 Å². The molecule has 126 valence electrons. The maximum Gasteiger partial charge on any atom is 0.251 e. The van der Waals surface area contributed by atoms with Gasteiger partial charge < -0.3 is 10.6 Å². The summed E-state index contributed by atoms with van der Waals surface area (Å²) in [5, 5.41) is 6.02. The average Bonchev–Trinajstić information content (AvgIpc) is 3.30. The van der Waals surface area contributed by atoms with Crippen LogP contribution in [0.25, 0.3) is 16.9 Å². The molecule has 0 aliphatic carbocycles. The maximum absolute atomic E-state index is 11.7. The third-order valence-electron chi connectivity index (χ3n) is 4.34. The molecule has 1 aliphatic heterocycles. The highest BCUT2D eigenvalue weighted by Gasteiger charge is 2.19. The lowest BCUT2D eigenvalue weighted by molar-refractivity contribution is 0.0966. The van der Waals surface area contributed by atoms with Crippen molar-refractivity contribution in [2.75, 3.05) is 5.32 Å². The summed E-state index contributed by atoms with van der Waals surface area (Å²) >= 11 is 0. The molecule has 0 bridgehead atoms. The van der Waals surface area contributed by atoms with Gasteiger partial charge in [-0.3, -0.25) is 9.20 Å². The van der Waals surface area contributed by atoms with Crippen LogP contribution in [0.15, 0.2) is 55.5 Å². The predicted molar refractivity (Wildman–Crippen MR) is 94.9 cm³/mol. The highest BCUT2D eigenvalue weighted by atomic mass is 16.1. The van der Waals surface area contributed by atoms with Gasteiger partial charge in [0.25, 0.3) is 5.91 Å². The Morgan fingerprint density at radius 2 is 2.00 bits per heavy atom. The maximum atomic E-state index is 11.7. The lowest BCUT2D eigenvalue weighted by Gasteiger charge is -2.11. The quantitative estimate of drug-likeness (QED) is 0.592. The van der Waals surface area contributed by atoms with Crippen molar-refractivity contribution in [3.05, 3.63) is 66.6 Å². The molecule has 2 N–H and O–H groups in total. The lowest BCUT2D eigenvalue weighted by atomic mass is 10.0. The minimum Gasteiger partial charge on any atom is -0.348 e. The monoisotopic (exact) mass is 343 g/mol. The molecule has 4 aromatic rings. The van der Waals surface area contributed by atoms with Crippen LogP contribution in [0.1, 0.15) is 15.9 Å². The molecule has 0 unspecified atom stereocenters. The van der Waals surface area contributed by atoms with E-state index >= 15 is 0 Å². The Labute approximate surface area is 148 Å². The van der Waals surface area contributed by atoms with Crippen LogP contribution in [0.3, 0.4) is 0 Å². The summed E-state index contributed by atoms with van der Waals surface area (Å²) in [4.78, 5) is 28.7. The van der Waals surface area contributed by atoms with Gasteiger partial charge in [-0.25, -0.2) is 19.9 Å². The summed E-state index contributed by atoms with van der Waals surface area (Å²) in [6.07, 6.45) is 10.2. The molecular weight excluding hydrogens is 330 g/mol. The lowest BCUT2D eigenvalue weighted by Crippen LogP contribution is -2.12. The van der Waals surface area contributed by atoms with Gasteiger partial charge in [-0.15, -0.1) is 0 Å². The van der Waals surface area contributed by atoms with Crippen LogP contribution < -0.4 is 10.6 Å². The van der Waals surface area contributed by atoms with Crippen LogP contribution in [0, 0.1) is 0 Å². The standard InChI is InChI=1S/C18H13N7O/c26-18-14-2-1-11(5-12(14)6-23-18)15-9-22-16(17-21-3-4-25(15)17)24-13-7-19-10-20-8-13/h1-5,7-10H,6H2,(H,22,24)(H,23,26). The van der Waals surface area contributed by atoms with Gasteiger partial charge in [0.2, 0.25) is 0 Å². The van der Waals surface area contributed by atoms with Gasteiger partial charge in [-0.1, -0.05) is 6.07 Å². The van der Waals surface area contributed by atoms with E-state index in [0.717, 1.165) is 28.1 Å². The highest BCUT2D eigenvalue weighted by molar-refractivity contribution is 5.98. The molecular formula is C18H13N7O. The first kappa shape index (κ1) is 14.5. The van der Waals surface area contributed by atoms with E-state index in [4.69, 9.17) is 0 Å². The molecule has 1 amide bonds. The van der Waals surface area contributed by atoms with E-state index in [1.54, 1.807) is 24.8 Å². The molecule has 0 fully saturated rings. The van der Waals surface area contributed by atoms with E-state index in [1.807, 2.05) is 28.8 Å². The Hall–Kier alpha value is -3.81. The summed E-state index contributed by atoms with van der Waals surface area (Å²) in [7, 11) is 0. The Morgan fingerprint density at radius 1 is 1.12 bits per heavy atom. The second kappa shape index (κ2) is 5.62. The molecule has 8 heteroatoms. The van der Waals surface area contributed by atoms with Crippen molar-refractivity contribution < 1.29 is 4.79 Å². The fourth-order valence-electron chi connectivity index (χ4n) is 3.11. The van der Waals surface area contributed by atoms with Gasteiger partial charge in [0.15, 0.2) is 11.5 Å². The number of hydrogen-bond acceptors (Lipinski definition) is 6. The van der Waals surface area contributed by atoms with E-state index in [1.165, 1.54) is 6.33 Å². The number of rotatable bonds is 3. The van der Waals surface area contributed by atoms with E-state index < -0.39 is 0 Å². The average molecular weight is 343 g/mol. The van der Waals surface area contributed by atoms with Crippen molar-refractivity contribution in [2.24, 2.45) is 0 Å². The first-order valence-electron chi connectivity index (χ1n) is 8.05. The van der Waals surface area contributed by atoms with E-state index in [0.29, 0.717) is 18.0 Å². The van der Waals surface area contributed by atoms with Crippen molar-refractivity contribution >= 4 is 23.1 Å². The summed E-state index contributed by atoms with van der Waals surface area (Å²) in [6, 6.07) is 5.80. The number of nitrogens with one attached hydrogen (secondary N) is 2. The van der Waals surface area contributed by atoms with Crippen LogP contribution >= 0.6 is 0 Å². The van der Waals surface area contributed by atoms with Crippen molar-refractivity contribution in [3.8, 4) is 11.3 Å². The zero-order chi connectivity index (χ0) is 17.5. The van der Waals surface area contributed by atoms with Crippen LogP contribution in [0.4, 0.5) is 11.5 Å². The minimum absolute atomic E-state index is 0.0259. The van der Waals surface area contributed by atoms with Crippen LogP contribution in [0.2, 0.25) is 0 Å². The van der Waals surface area contributed by atoms with Crippen molar-refractivity contribution in [2.45, 2.75) is 6.54 Å². The third kappa shape index (κ3) is 2.27. The third-order valence-corrected chi connectivity index (χ3v) is 4.34. The number of benzene rings is 1. The number of imidazole rings is 1. The summed E-state index contributed by atoms with van der Waals surface area (Å²) in [5.74, 6) is 0.591. The predicted octanol–water partition coefficient (Wildman–Crippen LogP) is 2.17. The molecule has 0 atom stereocenters. The SMILES string of the molecule is O=C1NCc2cc(-c3cnc(Nc4cncnc4)c4nccn34)ccc21. The molecule has 0 radical (unpaired) electrons. The highest BCUT2D eigenvalue weighted by Crippen LogP contribution is 2.27. The number of aromatic nitrogens is 5. The first-order chi connectivity index (χ1) is 12.8. The van der Waals surface area contributed by atoms with Gasteiger partial charge in [0.1, 0.15) is 6.33 Å². The van der Waals surface area contributed by atoms with E-state index in [-0.39, 0.29) is 5.91 Å². The van der Waals surface area contributed by atoms with Gasteiger partial charge in [0, 0.05) is 30.1 Å². The Balaban J connectivity index is 1.59. The Morgan fingerprint density at radius 3 is 2.88 bits per heavy atom. The topological polar surface area (TPSA) is 97.1 Å². The molecule has 1 aliphatic rings. The number of amides is 1. The van der Waals surface area contributed by atoms with Crippen molar-refractivity contribution in [3.63, 3.8) is 0 Å². The fraction of sp³-hybridized carbons (Fsp3) is 0.0556. The smallest absolute Gasteiger partial charge is 0.251 e. The molecule has 8 nitrogen and oxygen atoms in total. The number of anilines is 2. The Bertz CT molecular complexity index is 1140. The van der Waals surface area contributed by atoms with Gasteiger partial charge in [-0.05, 0) is 17.7 Å². The molecule has 0 saturated carbocycles. The molecule has 3 aromatic heterocycles. The summed E-state index contributed by atoms with van der Waals surface area (Å²) in [6.45, 7) is 0.552. The number of carbonyl (C=O) groups excluding carboxylic acids is 1.